The van der Waals surface area contributed by atoms with Crippen LogP contribution in [0.4, 0.5) is 0 Å². The van der Waals surface area contributed by atoms with Crippen LogP contribution in [0.25, 0.3) is 82.0 Å². The Morgan fingerprint density at radius 2 is 1.29 bits per heavy atom. The molecule has 1 N–H and O–H groups in total. The summed E-state index contributed by atoms with van der Waals surface area (Å²) in [6.45, 7) is 0.779. The summed E-state index contributed by atoms with van der Waals surface area (Å²) >= 11 is 0. The standard InChI is InChI=1S/C39H23N3/c40-22-23-7-8-27-32(17-23)30(24-9-13-41-14-10-24)19-37-33(27)18-31(25-11-15-42-16-12-25)36-20-34-28-5-1-3-26-4-2-6-29(39(26)28)35(34)21-38(36)37/h1-13,15-21,41H,14H2. The van der Waals surface area contributed by atoms with E-state index < -0.39 is 0 Å². The molecule has 9 rings (SSSR count). The van der Waals surface area contributed by atoms with Gasteiger partial charge < -0.3 is 5.32 Å². The number of hydrogen-bond donors (Lipinski definition) is 1. The molecule has 2 aliphatic rings. The molecule has 1 aromatic heterocycles. The number of benzene rings is 6. The van der Waals surface area contributed by atoms with Gasteiger partial charge in [0.1, 0.15) is 0 Å². The minimum absolute atomic E-state index is 0.667. The molecule has 7 aromatic rings. The van der Waals surface area contributed by atoms with Gasteiger partial charge in [0.2, 0.25) is 0 Å². The molecule has 1 aliphatic carbocycles. The first-order valence-corrected chi connectivity index (χ1v) is 14.2. The summed E-state index contributed by atoms with van der Waals surface area (Å²) in [4.78, 5) is 4.31. The summed E-state index contributed by atoms with van der Waals surface area (Å²) in [6.07, 6.45) is 10.1. The van der Waals surface area contributed by atoms with Gasteiger partial charge in [-0.2, -0.15) is 5.26 Å². The predicted octanol–water partition coefficient (Wildman–Crippen LogP) is 9.38. The minimum Gasteiger partial charge on any atom is -0.387 e. The van der Waals surface area contributed by atoms with Gasteiger partial charge in [-0.1, -0.05) is 48.5 Å². The van der Waals surface area contributed by atoms with Crippen LogP contribution in [0.5, 0.6) is 0 Å². The number of allylic oxidation sites excluding steroid dienone is 2. The van der Waals surface area contributed by atoms with Gasteiger partial charge in [0.15, 0.2) is 0 Å². The fourth-order valence-electron chi connectivity index (χ4n) is 7.06. The topological polar surface area (TPSA) is 48.7 Å². The molecule has 0 bridgehead atoms. The number of nitriles is 1. The molecule has 0 saturated carbocycles. The zero-order valence-electron chi connectivity index (χ0n) is 22.6. The molecule has 3 nitrogen and oxygen atoms in total. The van der Waals surface area contributed by atoms with Crippen molar-refractivity contribution in [3.8, 4) is 39.4 Å². The Hall–Kier alpha value is -5.72. The summed E-state index contributed by atoms with van der Waals surface area (Å²) in [5.41, 5.74) is 10.5. The van der Waals surface area contributed by atoms with Crippen LogP contribution in [-0.4, -0.2) is 11.5 Å². The van der Waals surface area contributed by atoms with Crippen LogP contribution < -0.4 is 5.32 Å². The maximum atomic E-state index is 9.78. The van der Waals surface area contributed by atoms with Gasteiger partial charge >= 0.3 is 0 Å². The number of rotatable bonds is 2. The van der Waals surface area contributed by atoms with Gasteiger partial charge in [-0.05, 0) is 148 Å². The summed E-state index contributed by atoms with van der Waals surface area (Å²) in [5, 5.41) is 22.8. The second-order valence-corrected chi connectivity index (χ2v) is 11.1. The van der Waals surface area contributed by atoms with Gasteiger partial charge in [0, 0.05) is 18.9 Å². The van der Waals surface area contributed by atoms with Gasteiger partial charge in [-0.15, -0.1) is 0 Å². The largest absolute Gasteiger partial charge is 0.387 e. The van der Waals surface area contributed by atoms with Crippen molar-refractivity contribution >= 4 is 48.7 Å². The number of aromatic nitrogens is 1. The third-order valence-corrected chi connectivity index (χ3v) is 8.94. The molecule has 6 aromatic carbocycles. The Morgan fingerprint density at radius 1 is 0.619 bits per heavy atom. The highest BCUT2D eigenvalue weighted by atomic mass is 14.8. The number of hydrogen-bond acceptors (Lipinski definition) is 3. The second-order valence-electron chi connectivity index (χ2n) is 11.1. The smallest absolute Gasteiger partial charge is 0.0991 e. The SMILES string of the molecule is N#Cc1ccc2c(c1)c(C1=CCNC=C1)cc1c3cc4c(cc3c(-c3ccncc3)cc21)-c1cccc2cccc-4c12. The monoisotopic (exact) mass is 533 g/mol. The Kier molecular flexibility index (Phi) is 4.74. The fourth-order valence-corrected chi connectivity index (χ4v) is 7.06. The highest BCUT2D eigenvalue weighted by molar-refractivity contribution is 6.26. The Morgan fingerprint density at radius 3 is 2.02 bits per heavy atom. The van der Waals surface area contributed by atoms with E-state index in [-0.39, 0.29) is 0 Å². The molecule has 0 fully saturated rings. The molecule has 42 heavy (non-hydrogen) atoms. The van der Waals surface area contributed by atoms with E-state index in [1.54, 1.807) is 0 Å². The van der Waals surface area contributed by atoms with E-state index >= 15 is 0 Å². The number of fused-ring (bicyclic) bond motifs is 8. The van der Waals surface area contributed by atoms with Gasteiger partial charge in [-0.25, -0.2) is 0 Å². The van der Waals surface area contributed by atoms with Crippen LogP contribution in [0.1, 0.15) is 11.1 Å². The third-order valence-electron chi connectivity index (χ3n) is 8.94. The molecule has 2 heterocycles. The van der Waals surface area contributed by atoms with Crippen LogP contribution in [0, 0.1) is 11.3 Å². The number of pyridine rings is 1. The lowest BCUT2D eigenvalue weighted by Gasteiger charge is -2.18. The van der Waals surface area contributed by atoms with E-state index in [0.29, 0.717) is 5.56 Å². The molecule has 0 unspecified atom stereocenters. The lowest BCUT2D eigenvalue weighted by molar-refractivity contribution is 0.976. The van der Waals surface area contributed by atoms with Crippen molar-refractivity contribution in [2.24, 2.45) is 0 Å². The Bertz CT molecular complexity index is 2400. The van der Waals surface area contributed by atoms with Gasteiger partial charge in [0.25, 0.3) is 0 Å². The van der Waals surface area contributed by atoms with Crippen molar-refractivity contribution in [3.05, 3.63) is 133 Å². The van der Waals surface area contributed by atoms with Crippen LogP contribution in [0.15, 0.2) is 122 Å². The molecule has 0 saturated heterocycles. The lowest BCUT2D eigenvalue weighted by atomic mass is 9.85. The minimum atomic E-state index is 0.667. The second kappa shape index (κ2) is 8.64. The predicted molar refractivity (Wildman–Crippen MR) is 174 cm³/mol. The Balaban J connectivity index is 1.48. The average Bonchev–Trinajstić information content (AvgIpc) is 3.37. The van der Waals surface area contributed by atoms with Crippen molar-refractivity contribution in [3.63, 3.8) is 0 Å². The summed E-state index contributed by atoms with van der Waals surface area (Å²) in [7, 11) is 0. The maximum Gasteiger partial charge on any atom is 0.0991 e. The average molecular weight is 534 g/mol. The number of nitrogens with one attached hydrogen (secondary N) is 1. The first-order chi connectivity index (χ1) is 20.8. The van der Waals surface area contributed by atoms with E-state index in [1.165, 1.54) is 65.7 Å². The van der Waals surface area contributed by atoms with Crippen LogP contribution in [-0.2, 0) is 0 Å². The number of nitrogens with zero attached hydrogens (tertiary/aromatic N) is 2. The molecule has 3 heteroatoms. The molecular weight excluding hydrogens is 510 g/mol. The van der Waals surface area contributed by atoms with Gasteiger partial charge in [0.05, 0.1) is 11.6 Å². The summed E-state index contributed by atoms with van der Waals surface area (Å²) < 4.78 is 0. The molecule has 0 atom stereocenters. The van der Waals surface area contributed by atoms with Crippen molar-refractivity contribution < 1.29 is 0 Å². The van der Waals surface area contributed by atoms with E-state index in [1.807, 2.05) is 30.7 Å². The Labute approximate surface area is 242 Å². The van der Waals surface area contributed by atoms with Crippen LogP contribution >= 0.6 is 0 Å². The molecule has 194 valence electrons. The van der Waals surface area contributed by atoms with E-state index in [2.05, 4.69) is 107 Å². The van der Waals surface area contributed by atoms with E-state index in [4.69, 9.17) is 0 Å². The zero-order chi connectivity index (χ0) is 27.8. The molecule has 0 amide bonds. The zero-order valence-corrected chi connectivity index (χ0v) is 22.6. The molecule has 1 aliphatic heterocycles. The quantitative estimate of drug-likeness (QED) is 0.225. The van der Waals surface area contributed by atoms with Gasteiger partial charge in [-0.3, -0.25) is 4.98 Å². The van der Waals surface area contributed by atoms with Crippen molar-refractivity contribution in [2.75, 3.05) is 6.54 Å². The molecular formula is C39H23N3. The normalized spacial score (nSPS) is 13.4. The lowest BCUT2D eigenvalue weighted by Crippen LogP contribution is -2.08. The highest BCUT2D eigenvalue weighted by Gasteiger charge is 2.24. The fraction of sp³-hybridized carbons (Fsp3) is 0.0256. The molecule has 0 spiro atoms. The first-order valence-electron chi connectivity index (χ1n) is 14.2. The third kappa shape index (κ3) is 3.18. The van der Waals surface area contributed by atoms with Crippen molar-refractivity contribution in [1.29, 1.82) is 5.26 Å². The van der Waals surface area contributed by atoms with Crippen LogP contribution in [0.2, 0.25) is 0 Å². The van der Waals surface area contributed by atoms with Crippen LogP contribution in [0.3, 0.4) is 0 Å². The first kappa shape index (κ1) is 23.0. The molecule has 0 radical (unpaired) electrons. The number of dihydropyridines is 1. The maximum absolute atomic E-state index is 9.78. The van der Waals surface area contributed by atoms with Crippen molar-refractivity contribution in [2.45, 2.75) is 0 Å². The highest BCUT2D eigenvalue weighted by Crippen LogP contribution is 2.51. The summed E-state index contributed by atoms with van der Waals surface area (Å²) in [6, 6.07) is 35.4. The summed E-state index contributed by atoms with van der Waals surface area (Å²) in [5.74, 6) is 0. The van der Waals surface area contributed by atoms with E-state index in [0.717, 1.165) is 28.4 Å². The van der Waals surface area contributed by atoms with Crippen molar-refractivity contribution in [1.82, 2.24) is 10.3 Å². The van der Waals surface area contributed by atoms with E-state index in [9.17, 15) is 5.26 Å².